The minimum absolute atomic E-state index is 0.0181. The third-order valence-corrected chi connectivity index (χ3v) is 3.26. The zero-order valence-electron chi connectivity index (χ0n) is 12.4. The topological polar surface area (TPSA) is 41.6 Å². The fourth-order valence-electron chi connectivity index (χ4n) is 1.77. The Hall–Kier alpha value is -1.26. The predicted octanol–water partition coefficient (Wildman–Crippen LogP) is 2.42. The van der Waals surface area contributed by atoms with Gasteiger partial charge in [0.05, 0.1) is 6.54 Å². The molecule has 0 aliphatic rings. The number of ether oxygens (including phenoxy) is 1. The highest BCUT2D eigenvalue weighted by Gasteiger charge is 2.16. The van der Waals surface area contributed by atoms with Gasteiger partial charge in [-0.1, -0.05) is 25.4 Å². The lowest BCUT2D eigenvalue weighted by molar-refractivity contribution is -0.133. The first kappa shape index (κ1) is 16.8. The summed E-state index contributed by atoms with van der Waals surface area (Å²) in [5.74, 6) is 0.872. The van der Waals surface area contributed by atoms with Gasteiger partial charge in [-0.15, -0.1) is 0 Å². The average Bonchev–Trinajstić information content (AvgIpc) is 2.45. The van der Waals surface area contributed by atoms with Crippen molar-refractivity contribution in [3.63, 3.8) is 0 Å². The van der Waals surface area contributed by atoms with Crippen LogP contribution in [0.3, 0.4) is 0 Å². The highest BCUT2D eigenvalue weighted by atomic mass is 35.5. The normalized spacial score (nSPS) is 12.0. The van der Waals surface area contributed by atoms with Gasteiger partial charge in [0.25, 0.3) is 0 Å². The summed E-state index contributed by atoms with van der Waals surface area (Å²) in [6.07, 6.45) is 0. The Kier molecular flexibility index (Phi) is 7.41. The highest BCUT2D eigenvalue weighted by molar-refractivity contribution is 6.30. The second-order valence-electron chi connectivity index (χ2n) is 4.77. The summed E-state index contributed by atoms with van der Waals surface area (Å²) >= 11 is 5.80. The summed E-state index contributed by atoms with van der Waals surface area (Å²) in [7, 11) is 1.80. The van der Waals surface area contributed by atoms with Gasteiger partial charge in [0.2, 0.25) is 5.91 Å². The van der Waals surface area contributed by atoms with E-state index in [9.17, 15) is 4.79 Å². The Bertz CT molecular complexity index is 409. The number of rotatable bonds is 8. The first-order chi connectivity index (χ1) is 9.54. The lowest BCUT2D eigenvalue weighted by Gasteiger charge is -2.21. The van der Waals surface area contributed by atoms with Crippen LogP contribution in [0.5, 0.6) is 5.75 Å². The van der Waals surface area contributed by atoms with Crippen molar-refractivity contribution < 1.29 is 9.53 Å². The first-order valence-electron chi connectivity index (χ1n) is 6.88. The van der Waals surface area contributed by atoms with E-state index in [0.29, 0.717) is 24.7 Å². The number of carbonyl (C=O) groups excluding carboxylic acids is 1. The standard InChI is InChI=1S/C15H23ClN2O2/c1-4-17-11-12(2)15(19)18(3)9-10-20-14-7-5-13(16)6-8-14/h5-8,12,17H,4,9-11H2,1-3H3. The molecule has 0 saturated carbocycles. The number of hydrogen-bond donors (Lipinski definition) is 1. The zero-order chi connectivity index (χ0) is 15.0. The van der Waals surface area contributed by atoms with Gasteiger partial charge in [-0.05, 0) is 30.8 Å². The number of nitrogens with zero attached hydrogens (tertiary/aromatic N) is 1. The third-order valence-electron chi connectivity index (χ3n) is 3.01. The molecular formula is C15H23ClN2O2. The van der Waals surface area contributed by atoms with Crippen LogP contribution in [-0.4, -0.2) is 44.1 Å². The first-order valence-corrected chi connectivity index (χ1v) is 7.26. The van der Waals surface area contributed by atoms with Crippen molar-refractivity contribution in [3.8, 4) is 5.75 Å². The van der Waals surface area contributed by atoms with E-state index in [1.54, 1.807) is 24.1 Å². The van der Waals surface area contributed by atoms with Crippen LogP contribution < -0.4 is 10.1 Å². The summed E-state index contributed by atoms with van der Waals surface area (Å²) < 4.78 is 5.57. The highest BCUT2D eigenvalue weighted by Crippen LogP contribution is 2.15. The van der Waals surface area contributed by atoms with Crippen LogP contribution in [0.2, 0.25) is 5.02 Å². The van der Waals surface area contributed by atoms with E-state index < -0.39 is 0 Å². The lowest BCUT2D eigenvalue weighted by atomic mass is 10.1. The molecule has 0 bridgehead atoms. The fourth-order valence-corrected chi connectivity index (χ4v) is 1.89. The summed E-state index contributed by atoms with van der Waals surface area (Å²) in [4.78, 5) is 13.8. The number of likely N-dealkylation sites (N-methyl/N-ethyl adjacent to an activating group) is 1. The van der Waals surface area contributed by atoms with Crippen molar-refractivity contribution in [1.82, 2.24) is 10.2 Å². The molecule has 0 fully saturated rings. The minimum atomic E-state index is -0.0181. The molecule has 0 radical (unpaired) electrons. The van der Waals surface area contributed by atoms with Gasteiger partial charge < -0.3 is 15.0 Å². The van der Waals surface area contributed by atoms with E-state index in [0.717, 1.165) is 12.3 Å². The Labute approximate surface area is 126 Å². The molecule has 0 aromatic heterocycles. The summed E-state index contributed by atoms with van der Waals surface area (Å²) in [6.45, 7) is 6.58. The molecule has 0 heterocycles. The van der Waals surface area contributed by atoms with E-state index in [1.807, 2.05) is 26.0 Å². The Morgan fingerprint density at radius 3 is 2.65 bits per heavy atom. The molecule has 1 aromatic carbocycles. The number of amides is 1. The van der Waals surface area contributed by atoms with Crippen molar-refractivity contribution in [2.45, 2.75) is 13.8 Å². The SMILES string of the molecule is CCNCC(C)C(=O)N(C)CCOc1ccc(Cl)cc1. The van der Waals surface area contributed by atoms with Gasteiger partial charge in [-0.2, -0.15) is 0 Å². The smallest absolute Gasteiger partial charge is 0.226 e. The van der Waals surface area contributed by atoms with Crippen LogP contribution in [0.1, 0.15) is 13.8 Å². The maximum Gasteiger partial charge on any atom is 0.226 e. The summed E-state index contributed by atoms with van der Waals surface area (Å²) in [5.41, 5.74) is 0. The average molecular weight is 299 g/mol. The molecule has 1 amide bonds. The van der Waals surface area contributed by atoms with Crippen LogP contribution in [-0.2, 0) is 4.79 Å². The van der Waals surface area contributed by atoms with Crippen molar-refractivity contribution in [2.75, 3.05) is 33.3 Å². The molecule has 0 saturated heterocycles. The van der Waals surface area contributed by atoms with E-state index in [2.05, 4.69) is 5.32 Å². The Morgan fingerprint density at radius 1 is 1.40 bits per heavy atom. The monoisotopic (exact) mass is 298 g/mol. The van der Waals surface area contributed by atoms with Crippen LogP contribution in [0.25, 0.3) is 0 Å². The molecule has 1 unspecified atom stereocenters. The molecule has 5 heteroatoms. The maximum atomic E-state index is 12.0. The number of carbonyl (C=O) groups is 1. The maximum absolute atomic E-state index is 12.0. The predicted molar refractivity (Wildman–Crippen MR) is 82.3 cm³/mol. The summed E-state index contributed by atoms with van der Waals surface area (Å²) in [5, 5.41) is 3.86. The third kappa shape index (κ3) is 5.80. The van der Waals surface area contributed by atoms with Gasteiger partial charge in [0.15, 0.2) is 0 Å². The molecule has 112 valence electrons. The molecule has 0 aliphatic carbocycles. The summed E-state index contributed by atoms with van der Waals surface area (Å²) in [6, 6.07) is 7.20. The second-order valence-corrected chi connectivity index (χ2v) is 5.21. The Morgan fingerprint density at radius 2 is 2.05 bits per heavy atom. The van der Waals surface area contributed by atoms with Crippen molar-refractivity contribution in [3.05, 3.63) is 29.3 Å². The quantitative estimate of drug-likeness (QED) is 0.801. The number of hydrogen-bond acceptors (Lipinski definition) is 3. The van der Waals surface area contributed by atoms with Crippen molar-refractivity contribution in [1.29, 1.82) is 0 Å². The van der Waals surface area contributed by atoms with Crippen molar-refractivity contribution >= 4 is 17.5 Å². The van der Waals surface area contributed by atoms with Gasteiger partial charge in [-0.25, -0.2) is 0 Å². The van der Waals surface area contributed by atoms with E-state index >= 15 is 0 Å². The molecule has 1 aromatic rings. The molecule has 4 nitrogen and oxygen atoms in total. The van der Waals surface area contributed by atoms with Crippen molar-refractivity contribution in [2.24, 2.45) is 5.92 Å². The second kappa shape index (κ2) is 8.82. The van der Waals surface area contributed by atoms with E-state index in [-0.39, 0.29) is 11.8 Å². The lowest BCUT2D eigenvalue weighted by Crippen LogP contribution is -2.38. The van der Waals surface area contributed by atoms with Crippen LogP contribution in [0, 0.1) is 5.92 Å². The Balaban J connectivity index is 2.30. The molecule has 20 heavy (non-hydrogen) atoms. The molecule has 0 spiro atoms. The number of halogens is 1. The number of nitrogens with one attached hydrogen (secondary N) is 1. The minimum Gasteiger partial charge on any atom is -0.492 e. The number of benzene rings is 1. The van der Waals surface area contributed by atoms with Gasteiger partial charge in [0.1, 0.15) is 12.4 Å². The molecular weight excluding hydrogens is 276 g/mol. The molecule has 0 aliphatic heterocycles. The largest absolute Gasteiger partial charge is 0.492 e. The molecule has 1 N–H and O–H groups in total. The molecule has 1 atom stereocenters. The zero-order valence-corrected chi connectivity index (χ0v) is 13.1. The molecule has 1 rings (SSSR count). The van der Waals surface area contributed by atoms with E-state index in [1.165, 1.54) is 0 Å². The van der Waals surface area contributed by atoms with Crippen LogP contribution >= 0.6 is 11.6 Å². The van der Waals surface area contributed by atoms with E-state index in [4.69, 9.17) is 16.3 Å². The fraction of sp³-hybridized carbons (Fsp3) is 0.533. The van der Waals surface area contributed by atoms with Crippen LogP contribution in [0.4, 0.5) is 0 Å². The van der Waals surface area contributed by atoms with Gasteiger partial charge in [0, 0.05) is 24.5 Å². The van der Waals surface area contributed by atoms with Gasteiger partial charge >= 0.3 is 0 Å². The van der Waals surface area contributed by atoms with Crippen LogP contribution in [0.15, 0.2) is 24.3 Å². The van der Waals surface area contributed by atoms with Gasteiger partial charge in [-0.3, -0.25) is 4.79 Å².